The zero-order chi connectivity index (χ0) is 11.8. The summed E-state index contributed by atoms with van der Waals surface area (Å²) in [7, 11) is 2.00. The van der Waals surface area contributed by atoms with E-state index in [4.69, 9.17) is 10.5 Å². The van der Waals surface area contributed by atoms with Gasteiger partial charge in [-0.05, 0) is 31.0 Å². The number of anilines is 1. The van der Waals surface area contributed by atoms with Gasteiger partial charge in [0.1, 0.15) is 0 Å². The van der Waals surface area contributed by atoms with Crippen LogP contribution in [0.4, 0.5) is 5.69 Å². The van der Waals surface area contributed by atoms with Gasteiger partial charge in [0.15, 0.2) is 0 Å². The van der Waals surface area contributed by atoms with E-state index in [0.717, 1.165) is 25.1 Å². The summed E-state index contributed by atoms with van der Waals surface area (Å²) < 4.78 is 0. The van der Waals surface area contributed by atoms with Crippen molar-refractivity contribution in [2.24, 2.45) is 0 Å². The smallest absolute Gasteiger partial charge is 0.0992 e. The Labute approximate surface area is 96.5 Å². The highest BCUT2D eigenvalue weighted by Gasteiger charge is 2.01. The molecule has 1 aromatic carbocycles. The van der Waals surface area contributed by atoms with E-state index in [1.165, 1.54) is 0 Å². The molecule has 0 N–H and O–H groups in total. The number of nitriles is 2. The maximum atomic E-state index is 8.79. The number of hydrogen-bond donors (Lipinski definition) is 0. The maximum Gasteiger partial charge on any atom is 0.0992 e. The fourth-order valence-corrected chi connectivity index (χ4v) is 1.50. The highest BCUT2D eigenvalue weighted by molar-refractivity contribution is 5.50. The highest BCUT2D eigenvalue weighted by atomic mass is 15.1. The van der Waals surface area contributed by atoms with Crippen LogP contribution >= 0.6 is 0 Å². The lowest BCUT2D eigenvalue weighted by molar-refractivity contribution is 0.734. The Kier molecular flexibility index (Phi) is 4.89. The minimum atomic E-state index is 0.617. The third-order valence-corrected chi connectivity index (χ3v) is 2.45. The van der Waals surface area contributed by atoms with E-state index in [2.05, 4.69) is 17.0 Å². The fourth-order valence-electron chi connectivity index (χ4n) is 1.50. The van der Waals surface area contributed by atoms with Crippen LogP contribution in [-0.4, -0.2) is 13.6 Å². The van der Waals surface area contributed by atoms with Crippen LogP contribution in [0, 0.1) is 22.7 Å². The normalized spacial score (nSPS) is 9.19. The lowest BCUT2D eigenvalue weighted by Gasteiger charge is -2.18. The van der Waals surface area contributed by atoms with Crippen LogP contribution in [-0.2, 0) is 0 Å². The van der Waals surface area contributed by atoms with Crippen molar-refractivity contribution >= 4 is 5.69 Å². The van der Waals surface area contributed by atoms with Crippen LogP contribution in [0.2, 0.25) is 0 Å². The summed E-state index contributed by atoms with van der Waals surface area (Å²) >= 11 is 0. The second-order valence-corrected chi connectivity index (χ2v) is 3.70. The minimum absolute atomic E-state index is 0.617. The van der Waals surface area contributed by atoms with Crippen LogP contribution in [0.15, 0.2) is 24.3 Å². The number of unbranched alkanes of at least 4 members (excludes halogenated alkanes) is 2. The number of hydrogen-bond acceptors (Lipinski definition) is 3. The van der Waals surface area contributed by atoms with Crippen molar-refractivity contribution in [2.45, 2.75) is 19.3 Å². The first-order valence-electron chi connectivity index (χ1n) is 5.36. The number of nitrogens with zero attached hydrogens (tertiary/aromatic N) is 3. The van der Waals surface area contributed by atoms with E-state index in [-0.39, 0.29) is 0 Å². The zero-order valence-electron chi connectivity index (χ0n) is 9.48. The van der Waals surface area contributed by atoms with Crippen molar-refractivity contribution in [1.82, 2.24) is 0 Å². The molecule has 0 unspecified atom stereocenters. The van der Waals surface area contributed by atoms with Crippen molar-refractivity contribution in [3.05, 3.63) is 29.8 Å². The van der Waals surface area contributed by atoms with Gasteiger partial charge in [-0.25, -0.2) is 0 Å². The molecule has 0 spiro atoms. The summed E-state index contributed by atoms with van der Waals surface area (Å²) in [6.45, 7) is 0.913. The van der Waals surface area contributed by atoms with Gasteiger partial charge in [0.25, 0.3) is 0 Å². The van der Waals surface area contributed by atoms with Gasteiger partial charge in [0.2, 0.25) is 0 Å². The van der Waals surface area contributed by atoms with E-state index < -0.39 is 0 Å². The van der Waals surface area contributed by atoms with E-state index in [1.807, 2.05) is 25.2 Å². The van der Waals surface area contributed by atoms with Crippen LogP contribution in [0.25, 0.3) is 0 Å². The largest absolute Gasteiger partial charge is 0.375 e. The minimum Gasteiger partial charge on any atom is -0.375 e. The predicted octanol–water partition coefficient (Wildman–Crippen LogP) is 2.69. The van der Waals surface area contributed by atoms with Crippen LogP contribution in [0.3, 0.4) is 0 Å². The SMILES string of the molecule is CN(CCCCC#N)c1cccc(C#N)c1. The van der Waals surface area contributed by atoms with Gasteiger partial charge in [-0.3, -0.25) is 0 Å². The fraction of sp³-hybridized carbons (Fsp3) is 0.385. The molecule has 0 saturated carbocycles. The number of benzene rings is 1. The van der Waals surface area contributed by atoms with Crippen LogP contribution < -0.4 is 4.90 Å². The number of rotatable bonds is 5. The molecule has 1 aromatic rings. The van der Waals surface area contributed by atoms with Crippen molar-refractivity contribution in [3.8, 4) is 12.1 Å². The predicted molar refractivity (Wildman–Crippen MR) is 63.9 cm³/mol. The monoisotopic (exact) mass is 213 g/mol. The van der Waals surface area contributed by atoms with E-state index >= 15 is 0 Å². The average Bonchev–Trinajstić information content (AvgIpc) is 2.34. The molecule has 0 aliphatic rings. The Hall–Kier alpha value is -2.00. The van der Waals surface area contributed by atoms with Crippen molar-refractivity contribution in [2.75, 3.05) is 18.5 Å². The lowest BCUT2D eigenvalue weighted by Crippen LogP contribution is -2.18. The van der Waals surface area contributed by atoms with Crippen LogP contribution in [0.1, 0.15) is 24.8 Å². The lowest BCUT2D eigenvalue weighted by atomic mass is 10.2. The second kappa shape index (κ2) is 6.48. The first-order chi connectivity index (χ1) is 7.77. The Bertz CT molecular complexity index is 412. The van der Waals surface area contributed by atoms with Gasteiger partial charge >= 0.3 is 0 Å². The molecule has 16 heavy (non-hydrogen) atoms. The quantitative estimate of drug-likeness (QED) is 0.706. The summed E-state index contributed by atoms with van der Waals surface area (Å²) in [5.74, 6) is 0. The van der Waals surface area contributed by atoms with Crippen molar-refractivity contribution in [3.63, 3.8) is 0 Å². The molecule has 0 aromatic heterocycles. The zero-order valence-corrected chi connectivity index (χ0v) is 9.48. The molecule has 0 saturated heterocycles. The standard InChI is InChI=1S/C13H15N3/c1-16(9-4-2-3-8-14)13-7-5-6-12(10-13)11-15/h5-7,10H,2-4,9H2,1H3. The van der Waals surface area contributed by atoms with Crippen LogP contribution in [0.5, 0.6) is 0 Å². The van der Waals surface area contributed by atoms with Gasteiger partial charge in [-0.15, -0.1) is 0 Å². The molecule has 3 heteroatoms. The van der Waals surface area contributed by atoms with Crippen molar-refractivity contribution in [1.29, 1.82) is 10.5 Å². The second-order valence-electron chi connectivity index (χ2n) is 3.70. The Morgan fingerprint density at radius 2 is 2.06 bits per heavy atom. The molecule has 0 atom stereocenters. The molecule has 82 valence electrons. The topological polar surface area (TPSA) is 50.8 Å². The highest BCUT2D eigenvalue weighted by Crippen LogP contribution is 2.14. The van der Waals surface area contributed by atoms with Gasteiger partial charge in [-0.1, -0.05) is 6.07 Å². The first kappa shape index (κ1) is 12.1. The van der Waals surface area contributed by atoms with Crippen molar-refractivity contribution < 1.29 is 0 Å². The molecule has 0 bridgehead atoms. The molecule has 0 aliphatic heterocycles. The summed E-state index contributed by atoms with van der Waals surface area (Å²) in [6.07, 6.45) is 2.55. The molecule has 3 nitrogen and oxygen atoms in total. The molecule has 1 rings (SSSR count). The summed E-state index contributed by atoms with van der Waals surface area (Å²) in [5.41, 5.74) is 1.73. The van der Waals surface area contributed by atoms with E-state index in [1.54, 1.807) is 6.07 Å². The molecule has 0 aliphatic carbocycles. The third kappa shape index (κ3) is 3.63. The third-order valence-electron chi connectivity index (χ3n) is 2.45. The Morgan fingerprint density at radius 1 is 1.25 bits per heavy atom. The average molecular weight is 213 g/mol. The molecule has 0 heterocycles. The molecular formula is C13H15N3. The summed E-state index contributed by atoms with van der Waals surface area (Å²) in [5, 5.41) is 17.2. The molecular weight excluding hydrogens is 198 g/mol. The molecule has 0 fully saturated rings. The summed E-state index contributed by atoms with van der Waals surface area (Å²) in [6, 6.07) is 11.8. The van der Waals surface area contributed by atoms with Gasteiger partial charge in [0.05, 0.1) is 17.7 Å². The van der Waals surface area contributed by atoms with Gasteiger partial charge < -0.3 is 4.90 Å². The first-order valence-corrected chi connectivity index (χ1v) is 5.36. The van der Waals surface area contributed by atoms with Gasteiger partial charge in [-0.2, -0.15) is 10.5 Å². The Balaban J connectivity index is 2.50. The van der Waals surface area contributed by atoms with E-state index in [9.17, 15) is 0 Å². The Morgan fingerprint density at radius 3 is 2.75 bits per heavy atom. The summed E-state index contributed by atoms with van der Waals surface area (Å²) in [4.78, 5) is 2.11. The maximum absolute atomic E-state index is 8.79. The van der Waals surface area contributed by atoms with E-state index in [0.29, 0.717) is 12.0 Å². The molecule has 0 radical (unpaired) electrons. The van der Waals surface area contributed by atoms with Gasteiger partial charge in [0, 0.05) is 25.7 Å². The molecule has 0 amide bonds.